The lowest BCUT2D eigenvalue weighted by molar-refractivity contribution is -0.165. The molecule has 114 valence electrons. The highest BCUT2D eigenvalue weighted by atomic mass is 16.6. The molecule has 4 nitrogen and oxygen atoms in total. The number of carbonyl (C=O) groups excluding carboxylic acids is 2. The standard InChI is InChI=1S/C18H18O4/c1-13(17(19)21-2)22-18(20)16(14-9-5-3-6-10-14)15-11-7-4-8-12-15/h3-13,16H,1-2H3/t13-/m0/s1. The zero-order valence-corrected chi connectivity index (χ0v) is 12.6. The maximum atomic E-state index is 12.5. The van der Waals surface area contributed by atoms with Crippen molar-refractivity contribution in [2.45, 2.75) is 18.9 Å². The average Bonchev–Trinajstić information content (AvgIpc) is 2.56. The van der Waals surface area contributed by atoms with Crippen molar-refractivity contribution in [2.75, 3.05) is 7.11 Å². The molecule has 0 saturated carbocycles. The van der Waals surface area contributed by atoms with Crippen LogP contribution in [0, 0.1) is 0 Å². The van der Waals surface area contributed by atoms with Gasteiger partial charge in [-0.25, -0.2) is 4.79 Å². The summed E-state index contributed by atoms with van der Waals surface area (Å²) in [6, 6.07) is 18.7. The molecule has 0 aliphatic heterocycles. The summed E-state index contributed by atoms with van der Waals surface area (Å²) in [4.78, 5) is 24.0. The Labute approximate surface area is 129 Å². The molecule has 0 radical (unpaired) electrons. The predicted molar refractivity (Wildman–Crippen MR) is 82.3 cm³/mol. The Bertz CT molecular complexity index is 583. The molecule has 0 amide bonds. The van der Waals surface area contributed by atoms with Crippen LogP contribution in [0.4, 0.5) is 0 Å². The molecule has 0 unspecified atom stereocenters. The Hall–Kier alpha value is -2.62. The van der Waals surface area contributed by atoms with Crippen LogP contribution in [0.15, 0.2) is 60.7 Å². The molecule has 0 bridgehead atoms. The van der Waals surface area contributed by atoms with Gasteiger partial charge in [-0.2, -0.15) is 0 Å². The van der Waals surface area contributed by atoms with Gasteiger partial charge in [0.05, 0.1) is 7.11 Å². The lowest BCUT2D eigenvalue weighted by Gasteiger charge is -2.19. The van der Waals surface area contributed by atoms with Crippen molar-refractivity contribution in [3.63, 3.8) is 0 Å². The molecule has 0 saturated heterocycles. The van der Waals surface area contributed by atoms with E-state index in [1.54, 1.807) is 0 Å². The summed E-state index contributed by atoms with van der Waals surface area (Å²) < 4.78 is 9.85. The Morgan fingerprint density at radius 2 is 1.27 bits per heavy atom. The summed E-state index contributed by atoms with van der Waals surface area (Å²) in [5.74, 6) is -1.63. The molecule has 0 heterocycles. The van der Waals surface area contributed by atoms with Gasteiger partial charge in [-0.1, -0.05) is 60.7 Å². The minimum absolute atomic E-state index is 0.477. The maximum absolute atomic E-state index is 12.5. The first kappa shape index (κ1) is 15.8. The highest BCUT2D eigenvalue weighted by Crippen LogP contribution is 2.26. The summed E-state index contributed by atoms with van der Waals surface area (Å²) in [5, 5.41) is 0. The average molecular weight is 298 g/mol. The van der Waals surface area contributed by atoms with Gasteiger partial charge in [0.25, 0.3) is 0 Å². The largest absolute Gasteiger partial charge is 0.466 e. The number of hydrogen-bond donors (Lipinski definition) is 0. The van der Waals surface area contributed by atoms with Crippen LogP contribution < -0.4 is 0 Å². The molecule has 0 N–H and O–H groups in total. The molecular weight excluding hydrogens is 280 g/mol. The summed E-state index contributed by atoms with van der Waals surface area (Å²) in [6.45, 7) is 1.50. The fraction of sp³-hybridized carbons (Fsp3) is 0.222. The number of esters is 2. The van der Waals surface area contributed by atoms with Crippen LogP contribution in [0.25, 0.3) is 0 Å². The molecule has 2 aromatic rings. The molecule has 4 heteroatoms. The molecule has 0 aromatic heterocycles. The Morgan fingerprint density at radius 3 is 1.68 bits per heavy atom. The third-order valence-electron chi connectivity index (χ3n) is 3.33. The predicted octanol–water partition coefficient (Wildman–Crippen LogP) is 2.92. The third-order valence-corrected chi connectivity index (χ3v) is 3.33. The SMILES string of the molecule is COC(=O)[C@H](C)OC(=O)C(c1ccccc1)c1ccccc1. The van der Waals surface area contributed by atoms with Crippen molar-refractivity contribution in [2.24, 2.45) is 0 Å². The minimum atomic E-state index is -0.938. The van der Waals surface area contributed by atoms with Crippen LogP contribution >= 0.6 is 0 Å². The minimum Gasteiger partial charge on any atom is -0.466 e. The summed E-state index contributed by atoms with van der Waals surface area (Å²) in [6.07, 6.45) is -0.938. The van der Waals surface area contributed by atoms with Crippen molar-refractivity contribution in [3.8, 4) is 0 Å². The van der Waals surface area contributed by atoms with E-state index >= 15 is 0 Å². The number of hydrogen-bond acceptors (Lipinski definition) is 4. The fourth-order valence-electron chi connectivity index (χ4n) is 2.21. The van der Waals surface area contributed by atoms with Gasteiger partial charge in [-0.05, 0) is 18.1 Å². The van der Waals surface area contributed by atoms with E-state index in [4.69, 9.17) is 4.74 Å². The van der Waals surface area contributed by atoms with Crippen LogP contribution in [0.2, 0.25) is 0 Å². The van der Waals surface area contributed by atoms with Crippen LogP contribution in [0.5, 0.6) is 0 Å². The molecule has 2 aromatic carbocycles. The molecule has 0 aliphatic rings. The normalized spacial score (nSPS) is 11.8. The molecule has 0 spiro atoms. The second-order valence-electron chi connectivity index (χ2n) is 4.86. The van der Waals surface area contributed by atoms with Gasteiger partial charge in [0, 0.05) is 0 Å². The second-order valence-corrected chi connectivity index (χ2v) is 4.86. The van der Waals surface area contributed by atoms with E-state index in [-0.39, 0.29) is 0 Å². The van der Waals surface area contributed by atoms with Gasteiger partial charge in [0.1, 0.15) is 5.92 Å². The van der Waals surface area contributed by atoms with Crippen molar-refractivity contribution in [1.82, 2.24) is 0 Å². The van der Waals surface area contributed by atoms with E-state index in [2.05, 4.69) is 4.74 Å². The zero-order valence-electron chi connectivity index (χ0n) is 12.6. The molecule has 2 rings (SSSR count). The van der Waals surface area contributed by atoms with Crippen LogP contribution in [0.1, 0.15) is 24.0 Å². The number of rotatable bonds is 5. The van der Waals surface area contributed by atoms with Crippen molar-refractivity contribution < 1.29 is 19.1 Å². The van der Waals surface area contributed by atoms with E-state index in [0.29, 0.717) is 0 Å². The number of carbonyl (C=O) groups is 2. The summed E-state index contributed by atoms with van der Waals surface area (Å²) >= 11 is 0. The molecule has 1 atom stereocenters. The Balaban J connectivity index is 2.29. The highest BCUT2D eigenvalue weighted by Gasteiger charge is 2.27. The first-order chi connectivity index (χ1) is 10.6. The van der Waals surface area contributed by atoms with Gasteiger partial charge in [0.15, 0.2) is 6.10 Å². The summed E-state index contributed by atoms with van der Waals surface area (Å²) in [5.41, 5.74) is 1.63. The monoisotopic (exact) mass is 298 g/mol. The van der Waals surface area contributed by atoms with E-state index in [1.807, 2.05) is 60.7 Å². The topological polar surface area (TPSA) is 52.6 Å². The zero-order chi connectivity index (χ0) is 15.9. The maximum Gasteiger partial charge on any atom is 0.346 e. The van der Waals surface area contributed by atoms with E-state index in [9.17, 15) is 9.59 Å². The number of methoxy groups -OCH3 is 1. The van der Waals surface area contributed by atoms with Crippen LogP contribution in [0.3, 0.4) is 0 Å². The van der Waals surface area contributed by atoms with Crippen molar-refractivity contribution in [1.29, 1.82) is 0 Å². The summed E-state index contributed by atoms with van der Waals surface area (Å²) in [7, 11) is 1.26. The van der Waals surface area contributed by atoms with Crippen LogP contribution in [-0.4, -0.2) is 25.2 Å². The van der Waals surface area contributed by atoms with Gasteiger partial charge < -0.3 is 9.47 Å². The van der Waals surface area contributed by atoms with Gasteiger partial charge >= 0.3 is 11.9 Å². The molecular formula is C18H18O4. The smallest absolute Gasteiger partial charge is 0.346 e. The van der Waals surface area contributed by atoms with Gasteiger partial charge in [-0.3, -0.25) is 4.79 Å². The highest BCUT2D eigenvalue weighted by molar-refractivity contribution is 5.85. The molecule has 0 fully saturated rings. The lowest BCUT2D eigenvalue weighted by atomic mass is 9.91. The van der Waals surface area contributed by atoms with Crippen LogP contribution in [-0.2, 0) is 19.1 Å². The first-order valence-corrected chi connectivity index (χ1v) is 7.01. The number of ether oxygens (including phenoxy) is 2. The Morgan fingerprint density at radius 1 is 0.818 bits per heavy atom. The Kier molecular flexibility index (Phi) is 5.31. The van der Waals surface area contributed by atoms with Crippen molar-refractivity contribution >= 4 is 11.9 Å². The first-order valence-electron chi connectivity index (χ1n) is 7.01. The molecule has 0 aliphatic carbocycles. The quantitative estimate of drug-likeness (QED) is 0.796. The van der Waals surface area contributed by atoms with E-state index < -0.39 is 24.0 Å². The number of benzene rings is 2. The van der Waals surface area contributed by atoms with Gasteiger partial charge in [0.2, 0.25) is 0 Å². The van der Waals surface area contributed by atoms with Crippen molar-refractivity contribution in [3.05, 3.63) is 71.8 Å². The second kappa shape index (κ2) is 7.41. The van der Waals surface area contributed by atoms with Gasteiger partial charge in [-0.15, -0.1) is 0 Å². The van der Waals surface area contributed by atoms with E-state index in [0.717, 1.165) is 11.1 Å². The third kappa shape index (κ3) is 3.73. The fourth-order valence-corrected chi connectivity index (χ4v) is 2.21. The molecule has 22 heavy (non-hydrogen) atoms. The van der Waals surface area contributed by atoms with E-state index in [1.165, 1.54) is 14.0 Å². The lowest BCUT2D eigenvalue weighted by Crippen LogP contribution is -2.28.